The number of anilines is 3. The van der Waals surface area contributed by atoms with Crippen LogP contribution in [0.5, 0.6) is 34.5 Å². The van der Waals surface area contributed by atoms with Gasteiger partial charge in [-0.15, -0.1) is 11.8 Å². The van der Waals surface area contributed by atoms with E-state index in [9.17, 15) is 9.59 Å². The van der Waals surface area contributed by atoms with Crippen LogP contribution in [-0.4, -0.2) is 79.0 Å². The molecule has 0 radical (unpaired) electrons. The van der Waals surface area contributed by atoms with Crippen molar-refractivity contribution in [3.8, 4) is 34.5 Å². The number of carbonyl (C=O) groups excluding carboxylic acids is 2. The first-order valence-electron chi connectivity index (χ1n) is 51.6. The molecule has 1 saturated carbocycles. The third-order valence-corrected chi connectivity index (χ3v) is 29.3. The molecular formula is C107H170F6N4O8S2. The minimum Gasteiger partial charge on any atom is -0.489 e. The van der Waals surface area contributed by atoms with E-state index in [-0.39, 0.29) is 10.6 Å². The number of benzene rings is 3. The number of nitrogens with one attached hydrogen (secondary N) is 4. The van der Waals surface area contributed by atoms with Crippen molar-refractivity contribution in [2.75, 3.05) is 55.6 Å². The minimum atomic E-state index is -5.80. The highest BCUT2D eigenvalue weighted by atomic mass is 32.2. The molecule has 3 aromatic carbocycles. The van der Waals surface area contributed by atoms with Gasteiger partial charge in [0.1, 0.15) is 0 Å². The molecule has 2 heterocycles. The zero-order valence-electron chi connectivity index (χ0n) is 80.3. The first kappa shape index (κ1) is 108. The van der Waals surface area contributed by atoms with Crippen LogP contribution in [0.1, 0.15) is 446 Å². The van der Waals surface area contributed by atoms with Crippen LogP contribution in [0.3, 0.4) is 0 Å². The summed E-state index contributed by atoms with van der Waals surface area (Å²) in [4.78, 5) is 29.3. The summed E-state index contributed by atoms with van der Waals surface area (Å²) in [7, 11) is 0. The molecule has 4 aliphatic rings. The topological polar surface area (TPSA) is 138 Å². The molecule has 0 saturated heterocycles. The Hall–Kier alpha value is -5.76. The quantitative estimate of drug-likeness (QED) is 0.0319. The maximum absolute atomic E-state index is 16.8. The first-order valence-corrected chi connectivity index (χ1v) is 53.2. The number of thioether (sulfide) groups is 2. The van der Waals surface area contributed by atoms with Crippen LogP contribution in [-0.2, 0) is 0 Å². The second kappa shape index (κ2) is 61.9. The number of carbonyl (C=O) groups is 2. The fraction of sp³-hybridized carbons (Fsp3) is 0.738. The molecule has 2 atom stereocenters. The predicted molar refractivity (Wildman–Crippen MR) is 525 cm³/mol. The van der Waals surface area contributed by atoms with Crippen LogP contribution < -0.4 is 49.7 Å². The molecule has 0 bridgehead atoms. The van der Waals surface area contributed by atoms with Crippen molar-refractivity contribution in [3.63, 3.8) is 0 Å². The van der Waals surface area contributed by atoms with E-state index in [1.54, 1.807) is 62.4 Å². The molecule has 720 valence electrons. The Morgan fingerprint density at radius 2 is 0.512 bits per heavy atom. The molecule has 3 aromatic rings. The Kier molecular flexibility index (Phi) is 52.7. The van der Waals surface area contributed by atoms with Crippen LogP contribution in [0.2, 0.25) is 0 Å². The predicted octanol–water partition coefficient (Wildman–Crippen LogP) is 35.7. The zero-order valence-corrected chi connectivity index (χ0v) is 81.9. The Morgan fingerprint density at radius 3 is 0.787 bits per heavy atom. The highest BCUT2D eigenvalue weighted by Gasteiger charge is 2.84. The molecule has 20 heteroatoms. The molecule has 4 N–H and O–H groups in total. The number of alkyl halides is 6. The average Bonchev–Trinajstić information content (AvgIpc) is 1.48. The number of fused-ring (bicyclic) bond motifs is 4. The van der Waals surface area contributed by atoms with Crippen LogP contribution in [0.25, 0.3) is 4.91 Å². The van der Waals surface area contributed by atoms with Gasteiger partial charge in [-0.1, -0.05) is 412 Å². The SMILES string of the molecule is CCCCCCCCCCCCOc1cc(NC(=O)NC2=CC3=C4C(=C5C=C(c6ccc(NC(=O)Nc7cc(OCCCCCCCCCCCC)c(OCCCCCCCCCCCC)c(OCCCCCCCCCCCC)c7)cc6)SC5(C)C3(C)S2)C(F)(F)C(F)(F)C4(F)F)cc(OCCCCCCCCCCCC)c1OCCCCCCCCCCCC. The summed E-state index contributed by atoms with van der Waals surface area (Å²) in [5.74, 6) is -13.6. The molecule has 12 nitrogen and oxygen atoms in total. The van der Waals surface area contributed by atoms with Crippen molar-refractivity contribution < 1.29 is 64.4 Å². The smallest absolute Gasteiger partial charge is 0.380 e. The summed E-state index contributed by atoms with van der Waals surface area (Å²) in [6.45, 7) is 19.3. The van der Waals surface area contributed by atoms with Gasteiger partial charge in [0, 0.05) is 46.0 Å². The maximum Gasteiger partial charge on any atom is 0.380 e. The number of hydrogen-bond acceptors (Lipinski definition) is 10. The molecule has 1 fully saturated rings. The van der Waals surface area contributed by atoms with E-state index in [4.69, 9.17) is 28.4 Å². The number of rotatable bonds is 77. The summed E-state index contributed by atoms with van der Waals surface area (Å²) < 4.78 is 136. The lowest BCUT2D eigenvalue weighted by Gasteiger charge is -2.47. The van der Waals surface area contributed by atoms with E-state index < -0.39 is 56.0 Å². The van der Waals surface area contributed by atoms with Crippen molar-refractivity contribution in [1.29, 1.82) is 0 Å². The lowest BCUT2D eigenvalue weighted by molar-refractivity contribution is -0.258. The monoisotopic (exact) mass is 1820 g/mol. The van der Waals surface area contributed by atoms with E-state index in [0.717, 1.165) is 158 Å². The third kappa shape index (κ3) is 36.3. The molecule has 7 rings (SSSR count). The van der Waals surface area contributed by atoms with Gasteiger partial charge in [0.05, 0.1) is 65.5 Å². The van der Waals surface area contributed by atoms with Gasteiger partial charge >= 0.3 is 29.8 Å². The number of allylic oxidation sites excluding steroid dienone is 4. The van der Waals surface area contributed by atoms with Crippen LogP contribution >= 0.6 is 23.5 Å². The Morgan fingerprint density at radius 1 is 0.283 bits per heavy atom. The summed E-state index contributed by atoms with van der Waals surface area (Å²) in [6.07, 6.45) is 72.9. The van der Waals surface area contributed by atoms with E-state index >= 15 is 26.3 Å². The summed E-state index contributed by atoms with van der Waals surface area (Å²) in [5.41, 5.74) is -2.08. The second-order valence-corrected chi connectivity index (χ2v) is 40.0. The Labute approximate surface area is 774 Å². The molecule has 127 heavy (non-hydrogen) atoms. The van der Waals surface area contributed by atoms with Gasteiger partial charge in [0.25, 0.3) is 0 Å². The van der Waals surface area contributed by atoms with Gasteiger partial charge < -0.3 is 49.7 Å². The minimum absolute atomic E-state index is 0.00206. The highest BCUT2D eigenvalue weighted by molar-refractivity contribution is 8.12. The zero-order chi connectivity index (χ0) is 91.1. The van der Waals surface area contributed by atoms with Gasteiger partial charge in [-0.3, -0.25) is 0 Å². The highest BCUT2D eigenvalue weighted by Crippen LogP contribution is 2.75. The third-order valence-electron chi connectivity index (χ3n) is 26.1. The number of amides is 4. The van der Waals surface area contributed by atoms with Crippen molar-refractivity contribution in [2.45, 2.75) is 468 Å². The Bertz CT molecular complexity index is 3610. The van der Waals surface area contributed by atoms with E-state index in [2.05, 4.69) is 62.8 Å². The van der Waals surface area contributed by atoms with E-state index in [1.165, 1.54) is 263 Å². The lowest BCUT2D eigenvalue weighted by Crippen LogP contribution is -2.49. The van der Waals surface area contributed by atoms with Crippen molar-refractivity contribution in [2.24, 2.45) is 0 Å². The number of unbranched alkanes of at least 4 members (excludes halogenated alkanes) is 54. The summed E-state index contributed by atoms with van der Waals surface area (Å²) in [6, 6.07) is 12.3. The van der Waals surface area contributed by atoms with Gasteiger partial charge in [-0.25, -0.2) is 9.59 Å². The second-order valence-electron chi connectivity index (χ2n) is 37.1. The van der Waals surface area contributed by atoms with E-state index in [0.29, 0.717) is 102 Å². The van der Waals surface area contributed by atoms with Gasteiger partial charge in [0.2, 0.25) is 11.5 Å². The van der Waals surface area contributed by atoms with Crippen molar-refractivity contribution >= 4 is 57.6 Å². The molecule has 2 aliphatic heterocycles. The van der Waals surface area contributed by atoms with Crippen molar-refractivity contribution in [1.82, 2.24) is 5.32 Å². The molecule has 2 aliphatic carbocycles. The largest absolute Gasteiger partial charge is 0.489 e. The van der Waals surface area contributed by atoms with Crippen LogP contribution in [0.15, 0.2) is 88.0 Å². The number of hydrogen-bond donors (Lipinski definition) is 4. The molecule has 0 spiro atoms. The maximum atomic E-state index is 16.8. The normalized spacial score (nSPS) is 17.1. The fourth-order valence-corrected chi connectivity index (χ4v) is 21.1. The van der Waals surface area contributed by atoms with Gasteiger partial charge in [0.15, 0.2) is 23.0 Å². The molecule has 2 unspecified atom stereocenters. The van der Waals surface area contributed by atoms with E-state index in [1.807, 2.05) is 0 Å². The lowest BCUT2D eigenvalue weighted by atomic mass is 9.71. The Balaban J connectivity index is 1.09. The number of urea groups is 2. The van der Waals surface area contributed by atoms with Gasteiger partial charge in [-0.2, -0.15) is 26.3 Å². The fourth-order valence-electron chi connectivity index (χ4n) is 18.0. The van der Waals surface area contributed by atoms with Gasteiger partial charge in [-0.05, 0) is 93.4 Å². The number of halogens is 6. The summed E-state index contributed by atoms with van der Waals surface area (Å²) >= 11 is 2.06. The van der Waals surface area contributed by atoms with Crippen LogP contribution in [0.4, 0.5) is 53.0 Å². The molecular weight excluding hydrogens is 1650 g/mol. The average molecular weight is 1820 g/mol. The standard InChI is InChI=1S/C107H170F6N4O8S2/c1-9-15-21-27-33-39-45-51-57-63-73-120-91-79-87(80-92(121-74-64-58-52-46-40-34-28-22-16-10-2)99(91)124-77-67-61-55-49-43-37-31-25-19-13-5)115-101(118)114-86-71-69-85(70-72-86)95-83-89-97-98(106(110,111)107(112,113)105(97,108)109)90-84-96(127-104(90,8)103(89,7)126-95)117-102(119)116-88-81-93(122-75-65-59-53-47-41-35-29-23-17-11-3)100(125-78-68-62-56-50-44-38-32-26-20-14-6)94(82-88)123-76-66-60-54-48-42-36-30-24-18-12-4/h69-72,79-84H,9-68,73-78H2,1-8H3,(H2,114,115,118)(H2,116,117,119). The molecule has 0 aromatic heterocycles. The summed E-state index contributed by atoms with van der Waals surface area (Å²) in [5, 5.41) is 11.7. The number of ether oxygens (including phenoxy) is 6. The van der Waals surface area contributed by atoms with Crippen molar-refractivity contribution in [3.05, 3.63) is 93.6 Å². The van der Waals surface area contributed by atoms with Crippen LogP contribution in [0, 0.1) is 0 Å². The first-order chi connectivity index (χ1) is 61.7. The molecule has 4 amide bonds.